The summed E-state index contributed by atoms with van der Waals surface area (Å²) in [5, 5.41) is 1.05. The van der Waals surface area contributed by atoms with E-state index in [0.717, 1.165) is 28.3 Å². The molecule has 162 valence electrons. The normalized spacial score (nSPS) is 14.8. The zero-order chi connectivity index (χ0) is 22.2. The monoisotopic (exact) mass is 439 g/mol. The van der Waals surface area contributed by atoms with Crippen LogP contribution >= 0.6 is 0 Å². The fourth-order valence-electron chi connectivity index (χ4n) is 3.94. The highest BCUT2D eigenvalue weighted by Crippen LogP contribution is 2.21. The van der Waals surface area contributed by atoms with Crippen LogP contribution in [0.15, 0.2) is 53.6 Å². The number of nitrogens with one attached hydrogen (secondary N) is 1. The highest BCUT2D eigenvalue weighted by Gasteiger charge is 2.26. The SMILES string of the molecule is Cc1ccc(S(C)(=O)=O)cc1C(=O)N1CCN(C(=O)Cc2c[nH]c3ccccc23)CC1. The van der Waals surface area contributed by atoms with Crippen LogP contribution in [0.3, 0.4) is 0 Å². The van der Waals surface area contributed by atoms with E-state index in [1.54, 1.807) is 22.8 Å². The van der Waals surface area contributed by atoms with E-state index in [1.165, 1.54) is 12.1 Å². The third-order valence-electron chi connectivity index (χ3n) is 5.80. The molecule has 0 bridgehead atoms. The van der Waals surface area contributed by atoms with E-state index in [1.807, 2.05) is 30.5 Å². The summed E-state index contributed by atoms with van der Waals surface area (Å²) in [4.78, 5) is 32.6. The van der Waals surface area contributed by atoms with Crippen molar-refractivity contribution in [2.75, 3.05) is 32.4 Å². The summed E-state index contributed by atoms with van der Waals surface area (Å²) < 4.78 is 23.7. The number of hydrogen-bond donors (Lipinski definition) is 1. The van der Waals surface area contributed by atoms with E-state index in [0.29, 0.717) is 38.2 Å². The van der Waals surface area contributed by atoms with Crippen molar-refractivity contribution in [1.29, 1.82) is 0 Å². The van der Waals surface area contributed by atoms with Crippen molar-refractivity contribution >= 4 is 32.6 Å². The number of aryl methyl sites for hydroxylation is 1. The molecule has 4 rings (SSSR count). The molecule has 0 unspecified atom stereocenters. The van der Waals surface area contributed by atoms with Gasteiger partial charge in [-0.3, -0.25) is 9.59 Å². The number of rotatable bonds is 4. The highest BCUT2D eigenvalue weighted by atomic mass is 32.2. The zero-order valence-corrected chi connectivity index (χ0v) is 18.4. The Morgan fingerprint density at radius 1 is 1.00 bits per heavy atom. The molecule has 1 fully saturated rings. The number of fused-ring (bicyclic) bond motifs is 1. The van der Waals surface area contributed by atoms with Gasteiger partial charge in [0.1, 0.15) is 0 Å². The number of sulfone groups is 1. The Morgan fingerprint density at radius 2 is 1.68 bits per heavy atom. The predicted molar refractivity (Wildman–Crippen MR) is 119 cm³/mol. The lowest BCUT2D eigenvalue weighted by atomic mass is 10.1. The summed E-state index contributed by atoms with van der Waals surface area (Å²) in [6.07, 6.45) is 3.32. The largest absolute Gasteiger partial charge is 0.361 e. The Bertz CT molecular complexity index is 1250. The van der Waals surface area contributed by atoms with Gasteiger partial charge < -0.3 is 14.8 Å². The standard InChI is InChI=1S/C23H25N3O4S/c1-16-7-8-18(31(2,29)30)14-20(16)23(28)26-11-9-25(10-12-26)22(27)13-17-15-24-21-6-4-3-5-19(17)21/h3-8,14-15,24H,9-13H2,1-2H3. The molecular weight excluding hydrogens is 414 g/mol. The smallest absolute Gasteiger partial charge is 0.254 e. The van der Waals surface area contributed by atoms with Gasteiger partial charge in [-0.25, -0.2) is 8.42 Å². The maximum absolute atomic E-state index is 13.0. The van der Waals surface area contributed by atoms with Crippen molar-refractivity contribution in [1.82, 2.24) is 14.8 Å². The van der Waals surface area contributed by atoms with Crippen LogP contribution in [0.25, 0.3) is 10.9 Å². The number of para-hydroxylation sites is 1. The lowest BCUT2D eigenvalue weighted by molar-refractivity contribution is -0.131. The second-order valence-electron chi connectivity index (χ2n) is 7.96. The molecule has 1 aliphatic rings. The van der Waals surface area contributed by atoms with Crippen LogP contribution in [0.2, 0.25) is 0 Å². The van der Waals surface area contributed by atoms with Crippen LogP contribution < -0.4 is 0 Å². The molecule has 2 aromatic carbocycles. The second-order valence-corrected chi connectivity index (χ2v) is 9.97. The summed E-state index contributed by atoms with van der Waals surface area (Å²) in [7, 11) is -3.39. The first kappa shape index (κ1) is 21.1. The number of hydrogen-bond acceptors (Lipinski definition) is 4. The molecule has 2 amide bonds. The van der Waals surface area contributed by atoms with E-state index in [2.05, 4.69) is 4.98 Å². The Balaban J connectivity index is 1.41. The van der Waals surface area contributed by atoms with E-state index >= 15 is 0 Å². The molecule has 7 nitrogen and oxygen atoms in total. The van der Waals surface area contributed by atoms with Crippen LogP contribution in [0, 0.1) is 6.92 Å². The quantitative estimate of drug-likeness (QED) is 0.676. The van der Waals surface area contributed by atoms with E-state index in [9.17, 15) is 18.0 Å². The molecule has 31 heavy (non-hydrogen) atoms. The second kappa shape index (κ2) is 8.19. The van der Waals surface area contributed by atoms with Crippen molar-refractivity contribution in [3.63, 3.8) is 0 Å². The topological polar surface area (TPSA) is 90.6 Å². The number of aromatic nitrogens is 1. The number of H-pyrrole nitrogens is 1. The summed E-state index contributed by atoms with van der Waals surface area (Å²) in [6.45, 7) is 3.54. The van der Waals surface area contributed by atoms with Gasteiger partial charge in [-0.05, 0) is 36.2 Å². The van der Waals surface area contributed by atoms with E-state index < -0.39 is 9.84 Å². The van der Waals surface area contributed by atoms with E-state index in [4.69, 9.17) is 0 Å². The van der Waals surface area contributed by atoms with Crippen molar-refractivity contribution in [3.8, 4) is 0 Å². The van der Waals surface area contributed by atoms with Gasteiger partial charge in [0, 0.05) is 55.1 Å². The minimum absolute atomic E-state index is 0.0344. The third-order valence-corrected chi connectivity index (χ3v) is 6.91. The minimum Gasteiger partial charge on any atom is -0.361 e. The van der Waals surface area contributed by atoms with Gasteiger partial charge in [0.25, 0.3) is 5.91 Å². The van der Waals surface area contributed by atoms with Crippen LogP contribution in [0.1, 0.15) is 21.5 Å². The fourth-order valence-corrected chi connectivity index (χ4v) is 4.59. The number of carbonyl (C=O) groups excluding carboxylic acids is 2. The molecule has 0 aliphatic carbocycles. The molecule has 1 aromatic heterocycles. The minimum atomic E-state index is -3.39. The van der Waals surface area contributed by atoms with Crippen molar-refractivity contribution < 1.29 is 18.0 Å². The lowest BCUT2D eigenvalue weighted by Gasteiger charge is -2.35. The van der Waals surface area contributed by atoms with Crippen LogP contribution in [0.4, 0.5) is 0 Å². The number of amides is 2. The summed E-state index contributed by atoms with van der Waals surface area (Å²) in [5.74, 6) is -0.168. The fraction of sp³-hybridized carbons (Fsp3) is 0.304. The Kier molecular flexibility index (Phi) is 5.58. The Labute approximate surface area is 181 Å². The van der Waals surface area contributed by atoms with Gasteiger partial charge >= 0.3 is 0 Å². The maximum atomic E-state index is 13.0. The zero-order valence-electron chi connectivity index (χ0n) is 17.6. The molecule has 1 saturated heterocycles. The van der Waals surface area contributed by atoms with Crippen molar-refractivity contribution in [2.24, 2.45) is 0 Å². The number of carbonyl (C=O) groups is 2. The summed E-state index contributed by atoms with van der Waals surface area (Å²) in [5.41, 5.74) is 3.09. The van der Waals surface area contributed by atoms with Gasteiger partial charge in [0.2, 0.25) is 5.91 Å². The molecule has 3 aromatic rings. The van der Waals surface area contributed by atoms with Crippen LogP contribution in [-0.4, -0.2) is 67.5 Å². The van der Waals surface area contributed by atoms with Crippen LogP contribution in [0.5, 0.6) is 0 Å². The van der Waals surface area contributed by atoms with E-state index in [-0.39, 0.29) is 16.7 Å². The van der Waals surface area contributed by atoms with Gasteiger partial charge in [-0.2, -0.15) is 0 Å². The lowest BCUT2D eigenvalue weighted by Crippen LogP contribution is -2.51. The number of benzene rings is 2. The van der Waals surface area contributed by atoms with Gasteiger partial charge in [0.05, 0.1) is 11.3 Å². The van der Waals surface area contributed by atoms with Gasteiger partial charge in [0.15, 0.2) is 9.84 Å². The average Bonchev–Trinajstić information content (AvgIpc) is 3.16. The van der Waals surface area contributed by atoms with Crippen molar-refractivity contribution in [2.45, 2.75) is 18.2 Å². The Morgan fingerprint density at radius 3 is 2.39 bits per heavy atom. The summed E-state index contributed by atoms with van der Waals surface area (Å²) >= 11 is 0. The molecule has 0 spiro atoms. The average molecular weight is 440 g/mol. The first-order chi connectivity index (χ1) is 14.7. The first-order valence-corrected chi connectivity index (χ1v) is 12.1. The molecule has 0 atom stereocenters. The number of aromatic amines is 1. The first-order valence-electron chi connectivity index (χ1n) is 10.2. The third kappa shape index (κ3) is 4.34. The number of piperazine rings is 1. The van der Waals surface area contributed by atoms with Gasteiger partial charge in [-0.15, -0.1) is 0 Å². The molecule has 8 heteroatoms. The molecule has 0 radical (unpaired) electrons. The maximum Gasteiger partial charge on any atom is 0.254 e. The molecule has 1 aliphatic heterocycles. The molecular formula is C23H25N3O4S. The summed E-state index contributed by atoms with van der Waals surface area (Å²) in [6, 6.07) is 12.5. The Hall–Kier alpha value is -3.13. The number of nitrogens with zero attached hydrogens (tertiary/aromatic N) is 2. The molecule has 2 heterocycles. The molecule has 0 saturated carbocycles. The van der Waals surface area contributed by atoms with Crippen molar-refractivity contribution in [3.05, 3.63) is 65.4 Å². The van der Waals surface area contributed by atoms with Gasteiger partial charge in [-0.1, -0.05) is 24.3 Å². The predicted octanol–water partition coefficient (Wildman–Crippen LogP) is 2.41. The molecule has 1 N–H and O–H groups in total. The van der Waals surface area contributed by atoms with Crippen LogP contribution in [-0.2, 0) is 21.1 Å². The highest BCUT2D eigenvalue weighted by molar-refractivity contribution is 7.90.